The summed E-state index contributed by atoms with van der Waals surface area (Å²) >= 11 is 9.01. The van der Waals surface area contributed by atoms with Crippen LogP contribution in [0.5, 0.6) is 0 Å². The predicted molar refractivity (Wildman–Crippen MR) is 66.6 cm³/mol. The molecule has 15 heavy (non-hydrogen) atoms. The van der Waals surface area contributed by atoms with E-state index in [1.54, 1.807) is 6.07 Å². The number of hydrogen-bond donors (Lipinski definition) is 0. The molecule has 2 rings (SSSR count). The van der Waals surface area contributed by atoms with Crippen LogP contribution in [0.25, 0.3) is 10.8 Å². The Morgan fingerprint density at radius 3 is 2.67 bits per heavy atom. The molecule has 0 fully saturated rings. The van der Waals surface area contributed by atoms with E-state index in [-0.39, 0.29) is 0 Å². The molecule has 0 aromatic heterocycles. The maximum atomic E-state index is 11.3. The van der Waals surface area contributed by atoms with Crippen LogP contribution in [-0.4, -0.2) is 5.24 Å². The van der Waals surface area contributed by atoms with Crippen LogP contribution in [0.4, 0.5) is 0 Å². The first-order valence-electron chi connectivity index (χ1n) is 4.49. The van der Waals surface area contributed by atoms with Crippen LogP contribution < -0.4 is 0 Å². The van der Waals surface area contributed by atoms with Gasteiger partial charge in [-0.1, -0.05) is 34.1 Å². The van der Waals surface area contributed by atoms with Crippen molar-refractivity contribution in [1.82, 2.24) is 0 Å². The van der Waals surface area contributed by atoms with Gasteiger partial charge in [0.2, 0.25) is 0 Å². The Hall–Kier alpha value is -0.860. The molecular formula is C12H8BrClO. The van der Waals surface area contributed by atoms with Crippen LogP contribution in [0.2, 0.25) is 0 Å². The predicted octanol–water partition coefficient (Wildman–Crippen LogP) is 4.29. The van der Waals surface area contributed by atoms with E-state index in [2.05, 4.69) is 15.9 Å². The van der Waals surface area contributed by atoms with Gasteiger partial charge in [-0.3, -0.25) is 4.79 Å². The molecule has 0 saturated carbocycles. The van der Waals surface area contributed by atoms with Gasteiger partial charge in [0.15, 0.2) is 0 Å². The normalized spacial score (nSPS) is 10.6. The number of halogens is 2. The highest BCUT2D eigenvalue weighted by atomic mass is 79.9. The van der Waals surface area contributed by atoms with Crippen LogP contribution in [0, 0.1) is 6.92 Å². The maximum Gasteiger partial charge on any atom is 0.253 e. The van der Waals surface area contributed by atoms with E-state index < -0.39 is 5.24 Å². The van der Waals surface area contributed by atoms with Gasteiger partial charge in [0.25, 0.3) is 5.24 Å². The standard InChI is InChI=1S/C12H8BrClO/c1-7-5-6-10(13)8-3-2-4-9(11(7)8)12(14)15/h2-6H,1H3. The lowest BCUT2D eigenvalue weighted by atomic mass is 10.0. The Kier molecular flexibility index (Phi) is 2.81. The largest absolute Gasteiger partial charge is 0.276 e. The smallest absolute Gasteiger partial charge is 0.253 e. The Morgan fingerprint density at radius 1 is 1.27 bits per heavy atom. The lowest BCUT2D eigenvalue weighted by Crippen LogP contribution is -1.93. The van der Waals surface area contributed by atoms with E-state index >= 15 is 0 Å². The third-order valence-electron chi connectivity index (χ3n) is 2.41. The summed E-state index contributed by atoms with van der Waals surface area (Å²) in [7, 11) is 0. The van der Waals surface area contributed by atoms with E-state index in [0.29, 0.717) is 5.56 Å². The van der Waals surface area contributed by atoms with E-state index in [1.807, 2.05) is 31.2 Å². The molecule has 3 heteroatoms. The van der Waals surface area contributed by atoms with Crippen molar-refractivity contribution in [3.8, 4) is 0 Å². The molecule has 0 spiro atoms. The molecule has 0 atom stereocenters. The summed E-state index contributed by atoms with van der Waals surface area (Å²) in [6.07, 6.45) is 0. The molecule has 0 radical (unpaired) electrons. The number of aryl methyl sites for hydroxylation is 1. The monoisotopic (exact) mass is 282 g/mol. The van der Waals surface area contributed by atoms with Crippen molar-refractivity contribution >= 4 is 43.5 Å². The topological polar surface area (TPSA) is 17.1 Å². The number of hydrogen-bond acceptors (Lipinski definition) is 1. The second-order valence-electron chi connectivity index (χ2n) is 3.37. The number of benzene rings is 2. The van der Waals surface area contributed by atoms with Gasteiger partial charge >= 0.3 is 0 Å². The summed E-state index contributed by atoms with van der Waals surface area (Å²) in [6, 6.07) is 9.49. The van der Waals surface area contributed by atoms with Crippen molar-refractivity contribution < 1.29 is 4.79 Å². The zero-order valence-electron chi connectivity index (χ0n) is 8.05. The molecule has 0 heterocycles. The van der Waals surface area contributed by atoms with Crippen molar-refractivity contribution in [2.75, 3.05) is 0 Å². The molecule has 0 aliphatic heterocycles. The molecule has 2 aromatic carbocycles. The van der Waals surface area contributed by atoms with Crippen LogP contribution >= 0.6 is 27.5 Å². The van der Waals surface area contributed by atoms with Crippen molar-refractivity contribution in [1.29, 1.82) is 0 Å². The maximum absolute atomic E-state index is 11.3. The van der Waals surface area contributed by atoms with E-state index in [0.717, 1.165) is 20.8 Å². The molecule has 0 N–H and O–H groups in total. The Bertz CT molecular complexity index is 549. The van der Waals surface area contributed by atoms with Crippen molar-refractivity contribution in [3.05, 3.63) is 45.9 Å². The van der Waals surface area contributed by atoms with Gasteiger partial charge in [-0.2, -0.15) is 0 Å². The number of rotatable bonds is 1. The summed E-state index contributed by atoms with van der Waals surface area (Å²) in [5.74, 6) is 0. The van der Waals surface area contributed by atoms with Crippen LogP contribution in [-0.2, 0) is 0 Å². The first-order valence-corrected chi connectivity index (χ1v) is 5.66. The van der Waals surface area contributed by atoms with Gasteiger partial charge in [0.1, 0.15) is 0 Å². The minimum Gasteiger partial charge on any atom is -0.276 e. The Labute approximate surface area is 101 Å². The van der Waals surface area contributed by atoms with Gasteiger partial charge in [0.05, 0.1) is 0 Å². The van der Waals surface area contributed by atoms with E-state index in [1.165, 1.54) is 0 Å². The lowest BCUT2D eigenvalue weighted by molar-refractivity contribution is 0.108. The van der Waals surface area contributed by atoms with Crippen LogP contribution in [0.3, 0.4) is 0 Å². The van der Waals surface area contributed by atoms with Gasteiger partial charge in [-0.05, 0) is 47.0 Å². The fourth-order valence-corrected chi connectivity index (χ4v) is 2.33. The summed E-state index contributed by atoms with van der Waals surface area (Å²) in [6.45, 7) is 1.97. The fraction of sp³-hybridized carbons (Fsp3) is 0.0833. The fourth-order valence-electron chi connectivity index (χ4n) is 1.71. The number of fused-ring (bicyclic) bond motifs is 1. The number of carbonyl (C=O) groups is 1. The summed E-state index contributed by atoms with van der Waals surface area (Å²) in [5.41, 5.74) is 1.62. The van der Waals surface area contributed by atoms with Crippen molar-refractivity contribution in [2.24, 2.45) is 0 Å². The van der Waals surface area contributed by atoms with Gasteiger partial charge in [-0.25, -0.2) is 0 Å². The van der Waals surface area contributed by atoms with Crippen LogP contribution in [0.1, 0.15) is 15.9 Å². The first kappa shape index (κ1) is 10.7. The molecule has 0 unspecified atom stereocenters. The average molecular weight is 284 g/mol. The Morgan fingerprint density at radius 2 is 2.00 bits per heavy atom. The second kappa shape index (κ2) is 3.95. The third kappa shape index (κ3) is 1.80. The zero-order chi connectivity index (χ0) is 11.0. The third-order valence-corrected chi connectivity index (χ3v) is 3.30. The molecule has 0 bridgehead atoms. The molecule has 0 aliphatic carbocycles. The minimum absolute atomic E-state index is 0.415. The highest BCUT2D eigenvalue weighted by Gasteiger charge is 2.10. The molecule has 76 valence electrons. The average Bonchev–Trinajstić information content (AvgIpc) is 2.23. The lowest BCUT2D eigenvalue weighted by Gasteiger charge is -2.07. The van der Waals surface area contributed by atoms with Gasteiger partial charge in [0, 0.05) is 10.0 Å². The van der Waals surface area contributed by atoms with Crippen LogP contribution in [0.15, 0.2) is 34.8 Å². The highest BCUT2D eigenvalue weighted by Crippen LogP contribution is 2.29. The molecule has 0 amide bonds. The number of carbonyl (C=O) groups excluding carboxylic acids is 1. The van der Waals surface area contributed by atoms with Gasteiger partial charge < -0.3 is 0 Å². The van der Waals surface area contributed by atoms with Gasteiger partial charge in [-0.15, -0.1) is 0 Å². The summed E-state index contributed by atoms with van der Waals surface area (Å²) in [4.78, 5) is 11.3. The molecule has 0 aliphatic rings. The summed E-state index contributed by atoms with van der Waals surface area (Å²) in [5, 5.41) is 1.52. The quantitative estimate of drug-likeness (QED) is 0.714. The molecule has 1 nitrogen and oxygen atoms in total. The zero-order valence-corrected chi connectivity index (χ0v) is 10.4. The molecular weight excluding hydrogens is 275 g/mol. The van der Waals surface area contributed by atoms with Crippen molar-refractivity contribution in [2.45, 2.75) is 6.92 Å². The molecule has 2 aromatic rings. The summed E-state index contributed by atoms with van der Waals surface area (Å²) < 4.78 is 0.975. The van der Waals surface area contributed by atoms with Crippen molar-refractivity contribution in [3.63, 3.8) is 0 Å². The van der Waals surface area contributed by atoms with E-state index in [4.69, 9.17) is 11.6 Å². The second-order valence-corrected chi connectivity index (χ2v) is 4.56. The SMILES string of the molecule is Cc1ccc(Br)c2cccc(C(=O)Cl)c12. The van der Waals surface area contributed by atoms with E-state index in [9.17, 15) is 4.79 Å². The first-order chi connectivity index (χ1) is 7.11. The molecule has 0 saturated heterocycles. The Balaban J connectivity index is 2.96. The minimum atomic E-state index is -0.415. The highest BCUT2D eigenvalue weighted by molar-refractivity contribution is 9.10.